The third-order valence-corrected chi connectivity index (χ3v) is 7.39. The second-order valence-electron chi connectivity index (χ2n) is 7.27. The van der Waals surface area contributed by atoms with E-state index in [9.17, 15) is 18.0 Å². The normalized spacial score (nSPS) is 17.1. The van der Waals surface area contributed by atoms with Crippen molar-refractivity contribution in [3.05, 3.63) is 54.6 Å². The van der Waals surface area contributed by atoms with Gasteiger partial charge in [0.2, 0.25) is 5.91 Å². The Balaban J connectivity index is 1.39. The molecule has 0 spiro atoms. The standard InChI is InChI=1S/C21H21N5O4S2/c27-18(25-20(28)23-15-10-11-32(29,30)13-15)12-31-21-24-17-9-5-4-8-16(17)19(26-21)22-14-6-2-1-3-7-14/h1-9,15H,10-13H2,(H,22,24,26)(H2,23,25,27,28)/t15-/m1/s1. The van der Waals surface area contributed by atoms with E-state index < -0.39 is 27.8 Å². The molecule has 11 heteroatoms. The highest BCUT2D eigenvalue weighted by atomic mass is 32.2. The molecule has 3 aromatic rings. The van der Waals surface area contributed by atoms with Gasteiger partial charge in [-0.15, -0.1) is 0 Å². The Hall–Kier alpha value is -3.18. The first-order chi connectivity index (χ1) is 15.4. The second-order valence-corrected chi connectivity index (χ2v) is 10.4. The summed E-state index contributed by atoms with van der Waals surface area (Å²) >= 11 is 1.10. The van der Waals surface area contributed by atoms with E-state index in [1.165, 1.54) is 0 Å². The van der Waals surface area contributed by atoms with E-state index in [4.69, 9.17) is 0 Å². The Labute approximate surface area is 189 Å². The molecule has 32 heavy (non-hydrogen) atoms. The quantitative estimate of drug-likeness (QED) is 0.369. The highest BCUT2D eigenvalue weighted by Crippen LogP contribution is 2.26. The van der Waals surface area contributed by atoms with E-state index in [1.54, 1.807) is 0 Å². The molecule has 0 saturated carbocycles. The van der Waals surface area contributed by atoms with E-state index in [0.717, 1.165) is 28.4 Å². The van der Waals surface area contributed by atoms with Crippen LogP contribution in [0.15, 0.2) is 59.8 Å². The van der Waals surface area contributed by atoms with E-state index in [1.807, 2.05) is 54.6 Å². The zero-order valence-corrected chi connectivity index (χ0v) is 18.6. The molecule has 1 atom stereocenters. The van der Waals surface area contributed by atoms with Crippen LogP contribution in [0.4, 0.5) is 16.3 Å². The number of rotatable bonds is 6. The van der Waals surface area contributed by atoms with Crippen LogP contribution < -0.4 is 16.0 Å². The molecule has 3 N–H and O–H groups in total. The minimum atomic E-state index is -3.11. The number of anilines is 2. The monoisotopic (exact) mass is 471 g/mol. The lowest BCUT2D eigenvalue weighted by molar-refractivity contribution is -0.117. The van der Waals surface area contributed by atoms with Crippen molar-refractivity contribution in [3.8, 4) is 0 Å². The molecule has 0 aliphatic carbocycles. The average Bonchev–Trinajstić information content (AvgIpc) is 3.11. The number of benzene rings is 2. The van der Waals surface area contributed by atoms with Gasteiger partial charge in [-0.25, -0.2) is 23.2 Å². The van der Waals surface area contributed by atoms with Crippen molar-refractivity contribution in [2.75, 3.05) is 22.6 Å². The highest BCUT2D eigenvalue weighted by Gasteiger charge is 2.29. The lowest BCUT2D eigenvalue weighted by atomic mass is 10.2. The molecule has 4 rings (SSSR count). The van der Waals surface area contributed by atoms with E-state index in [-0.39, 0.29) is 17.3 Å². The minimum absolute atomic E-state index is 0.0421. The maximum Gasteiger partial charge on any atom is 0.321 e. The van der Waals surface area contributed by atoms with Crippen LogP contribution in [0.25, 0.3) is 10.9 Å². The fourth-order valence-electron chi connectivity index (χ4n) is 3.30. The molecule has 2 aromatic carbocycles. The number of aromatic nitrogens is 2. The van der Waals surface area contributed by atoms with E-state index >= 15 is 0 Å². The van der Waals surface area contributed by atoms with Crippen LogP contribution in [0.3, 0.4) is 0 Å². The van der Waals surface area contributed by atoms with Crippen LogP contribution in [-0.2, 0) is 14.6 Å². The fourth-order valence-corrected chi connectivity index (χ4v) is 5.62. The first-order valence-electron chi connectivity index (χ1n) is 9.90. The number of nitrogens with zero attached hydrogens (tertiary/aromatic N) is 2. The minimum Gasteiger partial charge on any atom is -0.340 e. The van der Waals surface area contributed by atoms with Gasteiger partial charge in [0.05, 0.1) is 22.8 Å². The van der Waals surface area contributed by atoms with Crippen molar-refractivity contribution in [2.45, 2.75) is 17.6 Å². The van der Waals surface area contributed by atoms with Crippen molar-refractivity contribution in [2.24, 2.45) is 0 Å². The number of carbonyl (C=O) groups excluding carboxylic acids is 2. The fraction of sp³-hybridized carbons (Fsp3) is 0.238. The molecule has 1 aliphatic heterocycles. The van der Waals surface area contributed by atoms with Crippen LogP contribution in [0.1, 0.15) is 6.42 Å². The lowest BCUT2D eigenvalue weighted by Crippen LogP contribution is -2.45. The van der Waals surface area contributed by atoms with Crippen LogP contribution in [-0.4, -0.2) is 53.6 Å². The SMILES string of the molecule is O=C(CSc1nc(Nc2ccccc2)c2ccccc2n1)NC(=O)N[C@@H]1CCS(=O)(=O)C1. The molecule has 3 amide bonds. The molecule has 0 bridgehead atoms. The zero-order valence-electron chi connectivity index (χ0n) is 16.9. The molecule has 2 heterocycles. The summed E-state index contributed by atoms with van der Waals surface area (Å²) in [6.45, 7) is 0. The van der Waals surface area contributed by atoms with E-state index in [2.05, 4.69) is 25.9 Å². The maximum atomic E-state index is 12.2. The first kappa shape index (κ1) is 22.0. The van der Waals surface area contributed by atoms with Crippen LogP contribution in [0, 0.1) is 0 Å². The number of nitrogens with one attached hydrogen (secondary N) is 3. The molecular formula is C21H21N5O4S2. The molecular weight excluding hydrogens is 450 g/mol. The van der Waals surface area contributed by atoms with Gasteiger partial charge in [0.15, 0.2) is 15.0 Å². The number of imide groups is 1. The molecule has 166 valence electrons. The number of hydrogen-bond donors (Lipinski definition) is 3. The second kappa shape index (κ2) is 9.53. The van der Waals surface area contributed by atoms with Gasteiger partial charge in [0, 0.05) is 17.1 Å². The van der Waals surface area contributed by atoms with Crippen molar-refractivity contribution in [3.63, 3.8) is 0 Å². The number of urea groups is 1. The number of hydrogen-bond acceptors (Lipinski definition) is 8. The number of thioether (sulfide) groups is 1. The average molecular weight is 472 g/mol. The van der Waals surface area contributed by atoms with Crippen LogP contribution in [0.2, 0.25) is 0 Å². The summed E-state index contributed by atoms with van der Waals surface area (Å²) in [6, 6.07) is 16.0. The van der Waals surface area contributed by atoms with Crippen molar-refractivity contribution in [1.29, 1.82) is 0 Å². The summed E-state index contributed by atoms with van der Waals surface area (Å²) in [7, 11) is -3.11. The van der Waals surface area contributed by atoms with Crippen LogP contribution >= 0.6 is 11.8 Å². The summed E-state index contributed by atoms with van der Waals surface area (Å²) in [4.78, 5) is 33.2. The zero-order chi connectivity index (χ0) is 22.6. The van der Waals surface area contributed by atoms with Gasteiger partial charge in [-0.2, -0.15) is 0 Å². The van der Waals surface area contributed by atoms with Crippen molar-refractivity contribution < 1.29 is 18.0 Å². The van der Waals surface area contributed by atoms with Gasteiger partial charge in [-0.3, -0.25) is 10.1 Å². The molecule has 0 unspecified atom stereocenters. The first-order valence-corrected chi connectivity index (χ1v) is 12.7. The summed E-state index contributed by atoms with van der Waals surface area (Å²) in [5.74, 6) is -0.0432. The summed E-state index contributed by atoms with van der Waals surface area (Å²) in [5.41, 5.74) is 1.60. The molecule has 0 radical (unpaired) electrons. The molecule has 9 nitrogen and oxygen atoms in total. The number of fused-ring (bicyclic) bond motifs is 1. The maximum absolute atomic E-state index is 12.2. The highest BCUT2D eigenvalue weighted by molar-refractivity contribution is 7.99. The summed E-state index contributed by atoms with van der Waals surface area (Å²) in [5, 5.41) is 9.25. The lowest BCUT2D eigenvalue weighted by Gasteiger charge is -2.12. The smallest absolute Gasteiger partial charge is 0.321 e. The molecule has 1 fully saturated rings. The summed E-state index contributed by atoms with van der Waals surface area (Å²) < 4.78 is 23.0. The van der Waals surface area contributed by atoms with Gasteiger partial charge in [-0.05, 0) is 30.7 Å². The third kappa shape index (κ3) is 5.74. The van der Waals surface area contributed by atoms with Crippen LogP contribution in [0.5, 0.6) is 0 Å². The summed E-state index contributed by atoms with van der Waals surface area (Å²) in [6.07, 6.45) is 0.348. The Morgan fingerprint density at radius 3 is 2.53 bits per heavy atom. The van der Waals surface area contributed by atoms with Gasteiger partial charge >= 0.3 is 6.03 Å². The predicted octanol–water partition coefficient (Wildman–Crippen LogP) is 2.48. The largest absolute Gasteiger partial charge is 0.340 e. The van der Waals surface area contributed by atoms with Crippen molar-refractivity contribution >= 4 is 55.9 Å². The molecule has 1 saturated heterocycles. The number of amides is 3. The molecule has 1 aliphatic rings. The number of carbonyl (C=O) groups is 2. The van der Waals surface area contributed by atoms with Crippen molar-refractivity contribution in [1.82, 2.24) is 20.6 Å². The van der Waals surface area contributed by atoms with Gasteiger partial charge in [0.25, 0.3) is 0 Å². The van der Waals surface area contributed by atoms with Gasteiger partial charge in [-0.1, -0.05) is 42.1 Å². The third-order valence-electron chi connectivity index (χ3n) is 4.77. The number of sulfone groups is 1. The van der Waals surface area contributed by atoms with Gasteiger partial charge < -0.3 is 10.6 Å². The Morgan fingerprint density at radius 1 is 1.03 bits per heavy atom. The van der Waals surface area contributed by atoms with Gasteiger partial charge in [0.1, 0.15) is 5.82 Å². The Kier molecular flexibility index (Phi) is 6.56. The Bertz CT molecular complexity index is 1250. The Morgan fingerprint density at radius 2 is 1.78 bits per heavy atom. The topological polar surface area (TPSA) is 130 Å². The van der Waals surface area contributed by atoms with E-state index in [0.29, 0.717) is 17.4 Å². The molecule has 1 aromatic heterocycles. The predicted molar refractivity (Wildman–Crippen MR) is 124 cm³/mol. The number of para-hydroxylation sites is 2.